The van der Waals surface area contributed by atoms with Crippen molar-refractivity contribution in [3.63, 3.8) is 0 Å². The Morgan fingerprint density at radius 3 is 2.67 bits per heavy atom. The van der Waals surface area contributed by atoms with E-state index >= 15 is 0 Å². The molecule has 0 radical (unpaired) electrons. The lowest BCUT2D eigenvalue weighted by Crippen LogP contribution is -2.29. The van der Waals surface area contributed by atoms with Crippen LogP contribution in [0.15, 0.2) is 23.0 Å². The zero-order valence-corrected chi connectivity index (χ0v) is 8.65. The molecule has 0 aliphatic heterocycles. The van der Waals surface area contributed by atoms with E-state index in [1.807, 2.05) is 0 Å². The lowest BCUT2D eigenvalue weighted by atomic mass is 9.70. The van der Waals surface area contributed by atoms with E-state index in [2.05, 4.69) is 6.07 Å². The van der Waals surface area contributed by atoms with Gasteiger partial charge in [0.1, 0.15) is 6.10 Å². The minimum absolute atomic E-state index is 0.595. The molecule has 1 atom stereocenters. The van der Waals surface area contributed by atoms with Crippen molar-refractivity contribution in [2.75, 3.05) is 0 Å². The topological polar surface area (TPSA) is 57.2 Å². The maximum Gasteiger partial charge on any atom is 0.101 e. The third-order valence-corrected chi connectivity index (χ3v) is 3.35. The number of hydrogen-bond acceptors (Lipinski definition) is 3. The Morgan fingerprint density at radius 1 is 1.40 bits per heavy atom. The molecule has 15 heavy (non-hydrogen) atoms. The normalized spacial score (nSPS) is 21.9. The smallest absolute Gasteiger partial charge is 0.101 e. The van der Waals surface area contributed by atoms with Crippen LogP contribution in [0.1, 0.15) is 43.8 Å². The average Bonchev–Trinajstić information content (AvgIpc) is 2.82. The van der Waals surface area contributed by atoms with Crippen molar-refractivity contribution >= 4 is 0 Å². The molecule has 3 nitrogen and oxygen atoms in total. The number of nitriles is 1. The molecule has 0 aromatic carbocycles. The summed E-state index contributed by atoms with van der Waals surface area (Å²) in [5.41, 5.74) is 0.126. The largest absolute Gasteiger partial charge is 0.472 e. The monoisotopic (exact) mass is 205 g/mol. The van der Waals surface area contributed by atoms with Gasteiger partial charge in [-0.2, -0.15) is 5.26 Å². The molecule has 1 fully saturated rings. The predicted molar refractivity (Wildman–Crippen MR) is 54.8 cm³/mol. The van der Waals surface area contributed by atoms with Crippen molar-refractivity contribution in [3.8, 4) is 6.07 Å². The first-order valence-electron chi connectivity index (χ1n) is 5.40. The highest BCUT2D eigenvalue weighted by Gasteiger charge is 2.40. The summed E-state index contributed by atoms with van der Waals surface area (Å²) >= 11 is 0. The molecule has 0 spiro atoms. The van der Waals surface area contributed by atoms with Crippen LogP contribution in [0.4, 0.5) is 0 Å². The molecule has 1 unspecified atom stereocenters. The molecule has 3 heteroatoms. The first-order chi connectivity index (χ1) is 7.28. The van der Waals surface area contributed by atoms with Gasteiger partial charge in [-0.05, 0) is 18.9 Å². The molecule has 1 aliphatic rings. The highest BCUT2D eigenvalue weighted by molar-refractivity contribution is 5.18. The molecular weight excluding hydrogens is 190 g/mol. The second-order valence-corrected chi connectivity index (χ2v) is 4.29. The van der Waals surface area contributed by atoms with E-state index in [1.54, 1.807) is 6.07 Å². The van der Waals surface area contributed by atoms with E-state index in [0.29, 0.717) is 0 Å². The number of furan rings is 1. The molecule has 1 aliphatic carbocycles. The maximum absolute atomic E-state index is 10.2. The minimum Gasteiger partial charge on any atom is -0.472 e. The van der Waals surface area contributed by atoms with Gasteiger partial charge in [-0.15, -0.1) is 0 Å². The van der Waals surface area contributed by atoms with Crippen molar-refractivity contribution in [3.05, 3.63) is 24.2 Å². The molecule has 1 N–H and O–H groups in total. The molecule has 0 amide bonds. The number of aliphatic hydroxyl groups is 1. The maximum atomic E-state index is 10.2. The van der Waals surface area contributed by atoms with Gasteiger partial charge in [-0.25, -0.2) is 0 Å². The summed E-state index contributed by atoms with van der Waals surface area (Å²) < 4.78 is 4.95. The fourth-order valence-electron chi connectivity index (χ4n) is 2.38. The first-order valence-corrected chi connectivity index (χ1v) is 5.40. The van der Waals surface area contributed by atoms with Crippen molar-refractivity contribution < 1.29 is 9.52 Å². The Bertz CT molecular complexity index is 344. The standard InChI is InChI=1S/C12H15NO2/c13-9-12(5-2-1-3-6-12)11(14)10-4-7-15-8-10/h4,7-8,11,14H,1-3,5-6H2. The Kier molecular flexibility index (Phi) is 2.79. The zero-order valence-electron chi connectivity index (χ0n) is 8.65. The third-order valence-electron chi connectivity index (χ3n) is 3.35. The highest BCUT2D eigenvalue weighted by Crippen LogP contribution is 2.45. The number of nitrogens with zero attached hydrogens (tertiary/aromatic N) is 1. The van der Waals surface area contributed by atoms with Gasteiger partial charge in [-0.1, -0.05) is 19.3 Å². The number of aliphatic hydroxyl groups excluding tert-OH is 1. The Morgan fingerprint density at radius 2 is 2.13 bits per heavy atom. The van der Waals surface area contributed by atoms with Crippen LogP contribution in [0.25, 0.3) is 0 Å². The SMILES string of the molecule is N#CC1(C(O)c2ccoc2)CCCCC1. The summed E-state index contributed by atoms with van der Waals surface area (Å²) in [5, 5.41) is 19.5. The van der Waals surface area contributed by atoms with Gasteiger partial charge >= 0.3 is 0 Å². The molecule has 1 aromatic heterocycles. The summed E-state index contributed by atoms with van der Waals surface area (Å²) in [6.07, 6.45) is 7.16. The van der Waals surface area contributed by atoms with Crippen LogP contribution in [-0.2, 0) is 0 Å². The van der Waals surface area contributed by atoms with Crippen LogP contribution in [0, 0.1) is 16.7 Å². The molecule has 2 rings (SSSR count). The van der Waals surface area contributed by atoms with Crippen molar-refractivity contribution in [2.24, 2.45) is 5.41 Å². The second-order valence-electron chi connectivity index (χ2n) is 4.29. The molecule has 0 saturated heterocycles. The molecule has 0 bridgehead atoms. The fraction of sp³-hybridized carbons (Fsp3) is 0.583. The third kappa shape index (κ3) is 1.78. The van der Waals surface area contributed by atoms with E-state index in [1.165, 1.54) is 18.9 Å². The van der Waals surface area contributed by atoms with Crippen LogP contribution in [-0.4, -0.2) is 5.11 Å². The second kappa shape index (κ2) is 4.08. The minimum atomic E-state index is -0.707. The quantitative estimate of drug-likeness (QED) is 0.807. The van der Waals surface area contributed by atoms with Gasteiger partial charge in [0, 0.05) is 5.56 Å². The highest BCUT2D eigenvalue weighted by atomic mass is 16.3. The van der Waals surface area contributed by atoms with Crippen LogP contribution < -0.4 is 0 Å². The summed E-state index contributed by atoms with van der Waals surface area (Å²) in [6.45, 7) is 0. The van der Waals surface area contributed by atoms with Gasteiger partial charge < -0.3 is 9.52 Å². The van der Waals surface area contributed by atoms with Crippen LogP contribution in [0.5, 0.6) is 0 Å². The Balaban J connectivity index is 2.23. The Hall–Kier alpha value is -1.27. The van der Waals surface area contributed by atoms with E-state index < -0.39 is 11.5 Å². The van der Waals surface area contributed by atoms with Gasteiger partial charge in [0.05, 0.1) is 24.0 Å². The van der Waals surface area contributed by atoms with Gasteiger partial charge in [-0.3, -0.25) is 0 Å². The van der Waals surface area contributed by atoms with Gasteiger partial charge in [0.2, 0.25) is 0 Å². The van der Waals surface area contributed by atoms with Crippen molar-refractivity contribution in [2.45, 2.75) is 38.2 Å². The predicted octanol–water partition coefficient (Wildman–Crippen LogP) is 2.79. The summed E-state index contributed by atoms with van der Waals surface area (Å²) in [6, 6.07) is 4.05. The summed E-state index contributed by atoms with van der Waals surface area (Å²) in [7, 11) is 0. The fourth-order valence-corrected chi connectivity index (χ4v) is 2.38. The number of rotatable bonds is 2. The lowest BCUT2D eigenvalue weighted by molar-refractivity contribution is 0.0355. The van der Waals surface area contributed by atoms with Crippen LogP contribution in [0.3, 0.4) is 0 Å². The first kappa shape index (κ1) is 10.3. The zero-order chi connectivity index (χ0) is 10.7. The van der Waals surface area contributed by atoms with Crippen molar-refractivity contribution in [1.29, 1.82) is 5.26 Å². The van der Waals surface area contributed by atoms with E-state index in [9.17, 15) is 10.4 Å². The van der Waals surface area contributed by atoms with Crippen molar-refractivity contribution in [1.82, 2.24) is 0 Å². The van der Waals surface area contributed by atoms with Gasteiger partial charge in [0.15, 0.2) is 0 Å². The molecule has 1 heterocycles. The lowest BCUT2D eigenvalue weighted by Gasteiger charge is -2.34. The van der Waals surface area contributed by atoms with Crippen LogP contribution >= 0.6 is 0 Å². The molecule has 1 aromatic rings. The summed E-state index contributed by atoms with van der Waals surface area (Å²) in [5.74, 6) is 0. The van der Waals surface area contributed by atoms with E-state index in [-0.39, 0.29) is 0 Å². The van der Waals surface area contributed by atoms with E-state index in [0.717, 1.165) is 31.2 Å². The molecule has 80 valence electrons. The molecular formula is C12H15NO2. The van der Waals surface area contributed by atoms with E-state index in [4.69, 9.17) is 4.42 Å². The van der Waals surface area contributed by atoms with Crippen LogP contribution in [0.2, 0.25) is 0 Å². The average molecular weight is 205 g/mol. The molecule has 1 saturated carbocycles. The Labute approximate surface area is 89.3 Å². The summed E-state index contributed by atoms with van der Waals surface area (Å²) in [4.78, 5) is 0. The number of hydrogen-bond donors (Lipinski definition) is 1. The van der Waals surface area contributed by atoms with Gasteiger partial charge in [0.25, 0.3) is 0 Å².